The number of urea groups is 1. The number of esters is 1. The number of ether oxygens (including phenoxy) is 1. The minimum atomic E-state index is -0.828. The van der Waals surface area contributed by atoms with Gasteiger partial charge in [0, 0.05) is 24.9 Å². The van der Waals surface area contributed by atoms with Gasteiger partial charge in [-0.05, 0) is 12.5 Å². The zero-order valence-electron chi connectivity index (χ0n) is 13.3. The molecule has 0 radical (unpaired) electrons. The Kier molecular flexibility index (Phi) is 4.98. The zero-order chi connectivity index (χ0) is 17.9. The molecule has 1 aromatic rings. The summed E-state index contributed by atoms with van der Waals surface area (Å²) < 4.78 is 5.09. The van der Waals surface area contributed by atoms with Gasteiger partial charge in [0.05, 0.1) is 16.5 Å². The molecule has 0 saturated carbocycles. The monoisotopic (exact) mass is 331 g/mol. The largest absolute Gasteiger partial charge is 0.458 e. The molecule has 0 aromatic heterocycles. The van der Waals surface area contributed by atoms with Crippen LogP contribution >= 0.6 is 0 Å². The van der Waals surface area contributed by atoms with Crippen LogP contribution in [0.2, 0.25) is 0 Å². The second-order valence-corrected chi connectivity index (χ2v) is 5.18. The van der Waals surface area contributed by atoms with Crippen molar-refractivity contribution in [3.05, 3.63) is 63.9 Å². The van der Waals surface area contributed by atoms with Crippen molar-refractivity contribution in [3.63, 3.8) is 0 Å². The third kappa shape index (κ3) is 3.27. The van der Waals surface area contributed by atoms with Crippen LogP contribution in [-0.2, 0) is 9.53 Å². The van der Waals surface area contributed by atoms with Gasteiger partial charge in [0.25, 0.3) is 5.69 Å². The minimum Gasteiger partial charge on any atom is -0.458 e. The summed E-state index contributed by atoms with van der Waals surface area (Å²) in [4.78, 5) is 36.2. The fourth-order valence-corrected chi connectivity index (χ4v) is 2.38. The van der Waals surface area contributed by atoms with Crippen LogP contribution in [0.1, 0.15) is 18.5 Å². The fraction of sp³-hybridized carbons (Fsp3) is 0.250. The highest BCUT2D eigenvalue weighted by Crippen LogP contribution is 2.32. The quantitative estimate of drug-likeness (QED) is 0.386. The lowest BCUT2D eigenvalue weighted by atomic mass is 9.95. The summed E-state index contributed by atoms with van der Waals surface area (Å²) in [5, 5.41) is 13.6. The second-order valence-electron chi connectivity index (χ2n) is 5.18. The first kappa shape index (κ1) is 17.2. The van der Waals surface area contributed by atoms with Gasteiger partial charge in [-0.2, -0.15) is 0 Å². The van der Waals surface area contributed by atoms with E-state index in [9.17, 15) is 19.7 Å². The number of nitrogens with one attached hydrogen (secondary N) is 1. The molecule has 1 N–H and O–H groups in total. The van der Waals surface area contributed by atoms with Crippen LogP contribution in [0.15, 0.2) is 48.2 Å². The van der Waals surface area contributed by atoms with Gasteiger partial charge >= 0.3 is 12.0 Å². The maximum absolute atomic E-state index is 12.4. The van der Waals surface area contributed by atoms with Crippen LogP contribution in [0, 0.1) is 10.1 Å². The lowest BCUT2D eigenvalue weighted by molar-refractivity contribution is -0.384. The van der Waals surface area contributed by atoms with E-state index in [-0.39, 0.29) is 17.9 Å². The molecule has 8 nitrogen and oxygen atoms in total. The van der Waals surface area contributed by atoms with E-state index >= 15 is 0 Å². The lowest BCUT2D eigenvalue weighted by Gasteiger charge is -2.33. The standard InChI is InChI=1S/C16H17N3O5/c1-4-8-24-15(20)13-10(2)18(3)16(21)17-14(13)11-6-5-7-12(9-11)19(22)23/h4-7,9,14H,1,8H2,2-3H3,(H,17,21)/t14-/m0/s1. The molecule has 0 aliphatic carbocycles. The average molecular weight is 331 g/mol. The molecule has 1 aromatic carbocycles. The zero-order valence-corrected chi connectivity index (χ0v) is 13.3. The van der Waals surface area contributed by atoms with Crippen molar-refractivity contribution in [1.82, 2.24) is 10.2 Å². The van der Waals surface area contributed by atoms with Crippen LogP contribution < -0.4 is 5.32 Å². The molecule has 0 saturated heterocycles. The Morgan fingerprint density at radius 3 is 2.88 bits per heavy atom. The SMILES string of the molecule is C=CCOC(=O)C1=C(C)N(C)C(=O)N[C@H]1c1cccc([N+](=O)[O-])c1. The molecule has 24 heavy (non-hydrogen) atoms. The number of nitro groups is 1. The van der Waals surface area contributed by atoms with Gasteiger partial charge in [-0.1, -0.05) is 24.8 Å². The van der Waals surface area contributed by atoms with Crippen LogP contribution in [-0.4, -0.2) is 35.5 Å². The molecule has 0 bridgehead atoms. The van der Waals surface area contributed by atoms with E-state index < -0.39 is 23.0 Å². The van der Waals surface area contributed by atoms with Gasteiger partial charge in [0.1, 0.15) is 6.61 Å². The van der Waals surface area contributed by atoms with Crippen LogP contribution in [0.3, 0.4) is 0 Å². The van der Waals surface area contributed by atoms with Gasteiger partial charge in [0.15, 0.2) is 0 Å². The molecule has 0 fully saturated rings. The molecular formula is C16H17N3O5. The van der Waals surface area contributed by atoms with E-state index in [0.29, 0.717) is 11.3 Å². The molecule has 126 valence electrons. The topological polar surface area (TPSA) is 102 Å². The van der Waals surface area contributed by atoms with Gasteiger partial charge in [-0.25, -0.2) is 9.59 Å². The smallest absolute Gasteiger partial charge is 0.338 e. The molecule has 1 aliphatic heterocycles. The van der Waals surface area contributed by atoms with Crippen molar-refractivity contribution < 1.29 is 19.2 Å². The predicted molar refractivity (Wildman–Crippen MR) is 86.0 cm³/mol. The molecular weight excluding hydrogens is 314 g/mol. The van der Waals surface area contributed by atoms with E-state index in [1.807, 2.05) is 0 Å². The number of carbonyl (C=O) groups excluding carboxylic acids is 2. The maximum atomic E-state index is 12.4. The van der Waals surface area contributed by atoms with Crippen molar-refractivity contribution in [2.24, 2.45) is 0 Å². The summed E-state index contributed by atoms with van der Waals surface area (Å²) in [6.45, 7) is 5.12. The van der Waals surface area contributed by atoms with E-state index in [2.05, 4.69) is 11.9 Å². The molecule has 2 amide bonds. The first-order chi connectivity index (χ1) is 11.4. The Hall–Kier alpha value is -3.16. The molecule has 1 heterocycles. The summed E-state index contributed by atoms with van der Waals surface area (Å²) in [5.41, 5.74) is 0.941. The van der Waals surface area contributed by atoms with E-state index in [4.69, 9.17) is 4.74 Å². The number of hydrogen-bond donors (Lipinski definition) is 1. The first-order valence-electron chi connectivity index (χ1n) is 7.14. The van der Waals surface area contributed by atoms with Crippen molar-refractivity contribution in [3.8, 4) is 0 Å². The third-order valence-electron chi connectivity index (χ3n) is 3.72. The number of benzene rings is 1. The molecule has 2 rings (SSSR count). The van der Waals surface area contributed by atoms with Crippen LogP contribution in [0.5, 0.6) is 0 Å². The molecule has 8 heteroatoms. The van der Waals surface area contributed by atoms with Crippen molar-refractivity contribution >= 4 is 17.7 Å². The average Bonchev–Trinajstić information content (AvgIpc) is 2.57. The molecule has 1 aliphatic rings. The van der Waals surface area contributed by atoms with Gasteiger partial charge in [0.2, 0.25) is 0 Å². The normalized spacial score (nSPS) is 17.3. The Morgan fingerprint density at radius 1 is 1.54 bits per heavy atom. The van der Waals surface area contributed by atoms with E-state index in [1.165, 1.54) is 36.2 Å². The van der Waals surface area contributed by atoms with Crippen molar-refractivity contribution in [2.45, 2.75) is 13.0 Å². The number of nitrogens with zero attached hydrogens (tertiary/aromatic N) is 2. The summed E-state index contributed by atoms with van der Waals surface area (Å²) in [6, 6.07) is 4.53. The molecule has 1 atom stereocenters. The highest BCUT2D eigenvalue weighted by atomic mass is 16.6. The third-order valence-corrected chi connectivity index (χ3v) is 3.72. The van der Waals surface area contributed by atoms with Crippen LogP contribution in [0.4, 0.5) is 10.5 Å². The number of nitro benzene ring substituents is 1. The number of hydrogen-bond acceptors (Lipinski definition) is 5. The van der Waals surface area contributed by atoms with E-state index in [0.717, 1.165) is 0 Å². The Labute approximate surface area is 138 Å². The highest BCUT2D eigenvalue weighted by Gasteiger charge is 2.35. The Morgan fingerprint density at radius 2 is 2.25 bits per heavy atom. The van der Waals surface area contributed by atoms with E-state index in [1.54, 1.807) is 13.0 Å². The number of allylic oxidation sites excluding steroid dienone is 1. The predicted octanol–water partition coefficient (Wildman–Crippen LogP) is 2.29. The molecule has 0 unspecified atom stereocenters. The lowest BCUT2D eigenvalue weighted by Crippen LogP contribution is -2.46. The van der Waals surface area contributed by atoms with Gasteiger partial charge < -0.3 is 15.0 Å². The summed E-state index contributed by atoms with van der Waals surface area (Å²) in [6.07, 6.45) is 1.43. The number of amides is 2. The Bertz CT molecular complexity index is 741. The number of non-ortho nitro benzene ring substituents is 1. The number of carbonyl (C=O) groups is 2. The van der Waals surface area contributed by atoms with Gasteiger partial charge in [-0.15, -0.1) is 0 Å². The maximum Gasteiger partial charge on any atom is 0.338 e. The van der Waals surface area contributed by atoms with Crippen molar-refractivity contribution in [2.75, 3.05) is 13.7 Å². The second kappa shape index (κ2) is 6.95. The number of rotatable bonds is 5. The molecule has 0 spiro atoms. The minimum absolute atomic E-state index is 0.0227. The summed E-state index contributed by atoms with van der Waals surface area (Å²) in [5.74, 6) is -0.615. The van der Waals surface area contributed by atoms with Gasteiger partial charge in [-0.3, -0.25) is 10.1 Å². The summed E-state index contributed by atoms with van der Waals surface area (Å²) in [7, 11) is 1.52. The van der Waals surface area contributed by atoms with Crippen molar-refractivity contribution in [1.29, 1.82) is 0 Å². The summed E-state index contributed by atoms with van der Waals surface area (Å²) >= 11 is 0. The Balaban J connectivity index is 2.50. The fourth-order valence-electron chi connectivity index (χ4n) is 2.38. The van der Waals surface area contributed by atoms with Crippen LogP contribution in [0.25, 0.3) is 0 Å². The first-order valence-corrected chi connectivity index (χ1v) is 7.14. The highest BCUT2D eigenvalue weighted by molar-refractivity contribution is 5.95.